The number of halogens is 1. The van der Waals surface area contributed by atoms with Crippen molar-refractivity contribution in [2.45, 2.75) is 44.4 Å². The smallest absolute Gasteiger partial charge is 0.0395 e. The van der Waals surface area contributed by atoms with Crippen LogP contribution in [-0.2, 0) is 0 Å². The van der Waals surface area contributed by atoms with Crippen molar-refractivity contribution in [1.82, 2.24) is 0 Å². The largest absolute Gasteiger partial charge is 0.122 e. The second-order valence-electron chi connectivity index (χ2n) is 2.74. The highest BCUT2D eigenvalue weighted by atomic mass is 35.5. The van der Waals surface area contributed by atoms with Gasteiger partial charge in [0, 0.05) is 5.38 Å². The highest BCUT2D eigenvalue weighted by Gasteiger charge is 2.21. The van der Waals surface area contributed by atoms with Gasteiger partial charge < -0.3 is 0 Å². The molecule has 0 aliphatic heterocycles. The molecule has 0 nitrogen and oxygen atoms in total. The van der Waals surface area contributed by atoms with Crippen LogP contribution < -0.4 is 0 Å². The quantitative estimate of drug-likeness (QED) is 0.524. The zero-order valence-electron chi connectivity index (χ0n) is 5.99. The minimum Gasteiger partial charge on any atom is -0.122 e. The molecule has 1 atom stereocenters. The molecule has 1 aliphatic rings. The first kappa shape index (κ1) is 7.40. The van der Waals surface area contributed by atoms with Crippen molar-refractivity contribution in [2.24, 2.45) is 0 Å². The average molecular weight is 146 g/mol. The van der Waals surface area contributed by atoms with Crippen molar-refractivity contribution in [3.63, 3.8) is 0 Å². The summed E-state index contributed by atoms with van der Waals surface area (Å²) in [6.07, 6.45) is 6.44. The van der Waals surface area contributed by atoms with Gasteiger partial charge in [0.1, 0.15) is 0 Å². The van der Waals surface area contributed by atoms with E-state index in [0.717, 1.165) is 6.42 Å². The van der Waals surface area contributed by atoms with E-state index in [1.165, 1.54) is 25.7 Å². The Morgan fingerprint density at radius 2 is 2.00 bits per heavy atom. The summed E-state index contributed by atoms with van der Waals surface area (Å²) >= 11 is 6.03. The number of hydrogen-bond acceptors (Lipinski definition) is 0. The number of alkyl halides is 1. The normalized spacial score (nSPS) is 24.7. The second kappa shape index (κ2) is 3.46. The molecule has 0 bridgehead atoms. The molecular formula is C8H14Cl. The highest BCUT2D eigenvalue weighted by molar-refractivity contribution is 6.21. The fourth-order valence-electron chi connectivity index (χ4n) is 1.43. The molecule has 0 aromatic rings. The lowest BCUT2D eigenvalue weighted by Gasteiger charge is -2.12. The van der Waals surface area contributed by atoms with Crippen LogP contribution in [0.25, 0.3) is 0 Å². The predicted molar refractivity (Wildman–Crippen MR) is 41.6 cm³/mol. The van der Waals surface area contributed by atoms with Crippen molar-refractivity contribution >= 4 is 11.6 Å². The van der Waals surface area contributed by atoms with E-state index >= 15 is 0 Å². The van der Waals surface area contributed by atoms with Crippen LogP contribution >= 0.6 is 11.6 Å². The van der Waals surface area contributed by atoms with Crippen LogP contribution in [0.1, 0.15) is 39.0 Å². The van der Waals surface area contributed by atoms with Gasteiger partial charge in [-0.3, -0.25) is 0 Å². The zero-order valence-corrected chi connectivity index (χ0v) is 6.75. The molecule has 1 heteroatoms. The minimum atomic E-state index is 0.382. The van der Waals surface area contributed by atoms with Gasteiger partial charge in [-0.15, -0.1) is 11.6 Å². The Balaban J connectivity index is 2.24. The summed E-state index contributed by atoms with van der Waals surface area (Å²) in [4.78, 5) is 0. The molecule has 1 radical (unpaired) electrons. The van der Waals surface area contributed by atoms with Crippen LogP contribution in [0.2, 0.25) is 0 Å². The van der Waals surface area contributed by atoms with E-state index in [4.69, 9.17) is 11.6 Å². The lowest BCUT2D eigenvalue weighted by atomic mass is 10.0. The molecule has 1 fully saturated rings. The summed E-state index contributed by atoms with van der Waals surface area (Å²) in [5.41, 5.74) is 0. The first-order chi connectivity index (χ1) is 4.34. The fourth-order valence-corrected chi connectivity index (χ4v) is 1.65. The van der Waals surface area contributed by atoms with Gasteiger partial charge in [0.25, 0.3) is 0 Å². The summed E-state index contributed by atoms with van der Waals surface area (Å²) in [6, 6.07) is 0. The fraction of sp³-hybridized carbons (Fsp3) is 0.875. The van der Waals surface area contributed by atoms with Crippen LogP contribution in [-0.4, -0.2) is 5.38 Å². The Bertz CT molecular complexity index is 74.6. The molecule has 0 heterocycles. The lowest BCUT2D eigenvalue weighted by Crippen LogP contribution is -2.06. The zero-order chi connectivity index (χ0) is 6.69. The third-order valence-electron chi connectivity index (χ3n) is 2.05. The molecule has 1 rings (SSSR count). The number of hydrogen-bond donors (Lipinski definition) is 0. The molecule has 0 aromatic heterocycles. The lowest BCUT2D eigenvalue weighted by molar-refractivity contribution is 0.749. The molecule has 53 valence electrons. The molecular weight excluding hydrogens is 132 g/mol. The van der Waals surface area contributed by atoms with Gasteiger partial charge >= 0.3 is 0 Å². The van der Waals surface area contributed by atoms with Crippen molar-refractivity contribution in [2.75, 3.05) is 0 Å². The van der Waals surface area contributed by atoms with Crippen LogP contribution in [0.15, 0.2) is 0 Å². The molecule has 1 saturated carbocycles. The van der Waals surface area contributed by atoms with Gasteiger partial charge in [0.2, 0.25) is 0 Å². The second-order valence-corrected chi connectivity index (χ2v) is 3.27. The predicted octanol–water partition coefficient (Wildman–Crippen LogP) is 3.15. The highest BCUT2D eigenvalue weighted by Crippen LogP contribution is 2.33. The van der Waals surface area contributed by atoms with E-state index < -0.39 is 0 Å². The van der Waals surface area contributed by atoms with Gasteiger partial charge in [0.15, 0.2) is 0 Å². The summed E-state index contributed by atoms with van der Waals surface area (Å²) < 4.78 is 0. The molecule has 9 heavy (non-hydrogen) atoms. The van der Waals surface area contributed by atoms with Gasteiger partial charge in [-0.1, -0.05) is 19.8 Å². The first-order valence-corrected chi connectivity index (χ1v) is 4.27. The standard InChI is InChI=1S/C8H14Cl/c1-2-8(9)7-5-3-4-6-7/h8H,2-6H2,1H3. The first-order valence-electron chi connectivity index (χ1n) is 3.83. The van der Waals surface area contributed by atoms with Crippen LogP contribution in [0, 0.1) is 5.92 Å². The minimum absolute atomic E-state index is 0.382. The molecule has 0 saturated heterocycles. The maximum absolute atomic E-state index is 6.03. The third-order valence-corrected chi connectivity index (χ3v) is 2.66. The van der Waals surface area contributed by atoms with Crippen LogP contribution in [0.3, 0.4) is 0 Å². The Morgan fingerprint density at radius 3 is 2.44 bits per heavy atom. The average Bonchev–Trinajstić information content (AvgIpc) is 2.37. The Labute approximate surface area is 62.6 Å². The van der Waals surface area contributed by atoms with Crippen molar-refractivity contribution < 1.29 is 0 Å². The summed E-state index contributed by atoms with van der Waals surface area (Å²) in [5.74, 6) is 1.60. The molecule has 1 unspecified atom stereocenters. The molecule has 1 aliphatic carbocycles. The maximum Gasteiger partial charge on any atom is 0.0395 e. The van der Waals surface area contributed by atoms with Gasteiger partial charge in [0.05, 0.1) is 0 Å². The van der Waals surface area contributed by atoms with E-state index in [0.29, 0.717) is 5.38 Å². The molecule has 0 N–H and O–H groups in total. The van der Waals surface area contributed by atoms with E-state index in [-0.39, 0.29) is 0 Å². The number of rotatable bonds is 2. The SMILES string of the molecule is CCC(Cl)[C]1CCCC1. The Morgan fingerprint density at radius 1 is 1.44 bits per heavy atom. The van der Waals surface area contributed by atoms with E-state index in [9.17, 15) is 0 Å². The summed E-state index contributed by atoms with van der Waals surface area (Å²) in [7, 11) is 0. The van der Waals surface area contributed by atoms with Gasteiger partial charge in [-0.2, -0.15) is 0 Å². The molecule has 0 spiro atoms. The van der Waals surface area contributed by atoms with Crippen LogP contribution in [0.4, 0.5) is 0 Å². The van der Waals surface area contributed by atoms with Gasteiger partial charge in [-0.05, 0) is 25.2 Å². The third kappa shape index (κ3) is 1.86. The van der Waals surface area contributed by atoms with Crippen LogP contribution in [0.5, 0.6) is 0 Å². The monoisotopic (exact) mass is 145 g/mol. The molecule has 0 amide bonds. The van der Waals surface area contributed by atoms with Gasteiger partial charge in [-0.25, -0.2) is 0 Å². The van der Waals surface area contributed by atoms with Crippen molar-refractivity contribution in [1.29, 1.82) is 0 Å². The van der Waals surface area contributed by atoms with Crippen molar-refractivity contribution in [3.8, 4) is 0 Å². The van der Waals surface area contributed by atoms with E-state index in [2.05, 4.69) is 6.92 Å². The van der Waals surface area contributed by atoms with E-state index in [1.807, 2.05) is 0 Å². The Hall–Kier alpha value is 0.290. The van der Waals surface area contributed by atoms with E-state index in [1.54, 1.807) is 5.92 Å². The van der Waals surface area contributed by atoms with Crippen molar-refractivity contribution in [3.05, 3.63) is 5.92 Å². The topological polar surface area (TPSA) is 0 Å². The molecule has 0 aromatic carbocycles. The summed E-state index contributed by atoms with van der Waals surface area (Å²) in [6.45, 7) is 2.16. The Kier molecular flexibility index (Phi) is 2.84. The summed E-state index contributed by atoms with van der Waals surface area (Å²) in [5, 5.41) is 0.382. The maximum atomic E-state index is 6.03.